The van der Waals surface area contributed by atoms with Crippen molar-refractivity contribution in [3.8, 4) is 0 Å². The zero-order valence-corrected chi connectivity index (χ0v) is 17.7. The van der Waals surface area contributed by atoms with Crippen LogP contribution in [0.5, 0.6) is 0 Å². The van der Waals surface area contributed by atoms with Crippen LogP contribution in [0.15, 0.2) is 46.0 Å². The zero-order valence-electron chi connectivity index (χ0n) is 15.3. The van der Waals surface area contributed by atoms with E-state index in [-0.39, 0.29) is 24.0 Å². The maximum absolute atomic E-state index is 13.6. The van der Waals surface area contributed by atoms with Crippen LogP contribution in [0.1, 0.15) is 24.7 Å². The molecule has 0 saturated carbocycles. The van der Waals surface area contributed by atoms with Gasteiger partial charge in [-0.2, -0.15) is 0 Å². The zero-order chi connectivity index (χ0) is 18.6. The van der Waals surface area contributed by atoms with Gasteiger partial charge in [-0.25, -0.2) is 8.78 Å². The molecule has 150 valence electrons. The Morgan fingerprint density at radius 2 is 2.04 bits per heavy atom. The summed E-state index contributed by atoms with van der Waals surface area (Å²) < 4.78 is 37.5. The number of hydrogen-bond donors (Lipinski definition) is 2. The number of nitrogens with zero attached hydrogens (tertiary/aromatic N) is 1. The van der Waals surface area contributed by atoms with Crippen molar-refractivity contribution in [2.45, 2.75) is 26.4 Å². The van der Waals surface area contributed by atoms with Crippen LogP contribution in [-0.2, 0) is 17.8 Å². The van der Waals surface area contributed by atoms with Crippen molar-refractivity contribution in [2.75, 3.05) is 26.2 Å². The van der Waals surface area contributed by atoms with E-state index in [1.54, 1.807) is 12.3 Å². The first-order chi connectivity index (χ1) is 12.7. The summed E-state index contributed by atoms with van der Waals surface area (Å²) in [5.41, 5.74) is 0.347. The highest BCUT2D eigenvalue weighted by atomic mass is 127. The maximum atomic E-state index is 13.6. The minimum Gasteiger partial charge on any atom is -0.467 e. The van der Waals surface area contributed by atoms with Crippen molar-refractivity contribution < 1.29 is 17.9 Å². The van der Waals surface area contributed by atoms with E-state index < -0.39 is 11.6 Å². The molecule has 0 bridgehead atoms. The molecule has 27 heavy (non-hydrogen) atoms. The largest absolute Gasteiger partial charge is 0.467 e. The molecule has 0 aliphatic heterocycles. The van der Waals surface area contributed by atoms with Gasteiger partial charge in [0.25, 0.3) is 0 Å². The Hall–Kier alpha value is -1.68. The lowest BCUT2D eigenvalue weighted by atomic mass is 10.1. The first-order valence-corrected chi connectivity index (χ1v) is 8.76. The number of ether oxygens (including phenoxy) is 1. The van der Waals surface area contributed by atoms with Gasteiger partial charge in [-0.1, -0.05) is 12.1 Å². The minimum absolute atomic E-state index is 0. The average Bonchev–Trinajstić information content (AvgIpc) is 3.15. The van der Waals surface area contributed by atoms with Crippen molar-refractivity contribution in [1.29, 1.82) is 0 Å². The van der Waals surface area contributed by atoms with E-state index in [4.69, 9.17) is 9.15 Å². The second kappa shape index (κ2) is 13.5. The number of halogens is 3. The molecule has 0 spiro atoms. The number of rotatable bonds is 10. The number of hydrogen-bond acceptors (Lipinski definition) is 3. The predicted octanol–water partition coefficient (Wildman–Crippen LogP) is 3.88. The molecule has 0 amide bonds. The fraction of sp³-hybridized carbons (Fsp3) is 0.421. The summed E-state index contributed by atoms with van der Waals surface area (Å²) in [4.78, 5) is 4.44. The lowest BCUT2D eigenvalue weighted by Crippen LogP contribution is -2.38. The lowest BCUT2D eigenvalue weighted by molar-refractivity contribution is 0.105. The minimum atomic E-state index is -0.822. The summed E-state index contributed by atoms with van der Waals surface area (Å²) in [6.45, 7) is 4.78. The molecule has 2 aromatic rings. The van der Waals surface area contributed by atoms with Gasteiger partial charge in [0.15, 0.2) is 17.6 Å². The molecule has 2 rings (SSSR count). The third kappa shape index (κ3) is 8.70. The molecule has 5 nitrogen and oxygen atoms in total. The maximum Gasteiger partial charge on any atom is 0.191 e. The molecule has 1 aromatic carbocycles. The highest BCUT2D eigenvalue weighted by molar-refractivity contribution is 14.0. The standard InChI is InChI=1S/C19H25F2N3O2.HI/c1-2-22-19(23-10-5-12-25-14-16-7-4-13-26-16)24-11-9-15-6-3-8-17(20)18(15)21;/h3-4,6-8,13H,2,5,9-12,14H2,1H3,(H2,22,23,24);1H. The third-order valence-electron chi connectivity index (χ3n) is 3.60. The molecular formula is C19H26F2IN3O2. The Labute approximate surface area is 175 Å². The van der Waals surface area contributed by atoms with E-state index in [0.29, 0.717) is 44.2 Å². The fourth-order valence-electron chi connectivity index (χ4n) is 2.32. The van der Waals surface area contributed by atoms with Crippen molar-refractivity contribution in [1.82, 2.24) is 10.6 Å². The Morgan fingerprint density at radius 3 is 2.78 bits per heavy atom. The quantitative estimate of drug-likeness (QED) is 0.228. The third-order valence-corrected chi connectivity index (χ3v) is 3.60. The average molecular weight is 493 g/mol. The second-order valence-corrected chi connectivity index (χ2v) is 5.64. The Kier molecular flexibility index (Phi) is 11.7. The molecule has 0 atom stereocenters. The van der Waals surface area contributed by atoms with Crippen molar-refractivity contribution in [2.24, 2.45) is 4.99 Å². The van der Waals surface area contributed by atoms with E-state index >= 15 is 0 Å². The van der Waals surface area contributed by atoms with Gasteiger partial charge < -0.3 is 19.8 Å². The van der Waals surface area contributed by atoms with E-state index in [0.717, 1.165) is 24.8 Å². The Bertz CT molecular complexity index is 682. The van der Waals surface area contributed by atoms with E-state index in [9.17, 15) is 8.78 Å². The Balaban J connectivity index is 0.00000364. The molecule has 0 radical (unpaired) electrons. The normalized spacial score (nSPS) is 11.1. The molecule has 1 heterocycles. The first kappa shape index (κ1) is 23.4. The van der Waals surface area contributed by atoms with E-state index in [2.05, 4.69) is 15.6 Å². The molecule has 1 aromatic heterocycles. The van der Waals surface area contributed by atoms with Gasteiger partial charge in [0.2, 0.25) is 0 Å². The van der Waals surface area contributed by atoms with Gasteiger partial charge in [0.05, 0.1) is 6.26 Å². The second-order valence-electron chi connectivity index (χ2n) is 5.64. The molecule has 2 N–H and O–H groups in total. The smallest absolute Gasteiger partial charge is 0.191 e. The van der Waals surface area contributed by atoms with Crippen LogP contribution >= 0.6 is 24.0 Å². The number of nitrogens with one attached hydrogen (secondary N) is 2. The van der Waals surface area contributed by atoms with Gasteiger partial charge in [-0.15, -0.1) is 24.0 Å². The molecule has 0 saturated heterocycles. The first-order valence-electron chi connectivity index (χ1n) is 8.76. The number of aliphatic imine (C=N–C) groups is 1. The van der Waals surface area contributed by atoms with Gasteiger partial charge in [0.1, 0.15) is 12.4 Å². The van der Waals surface area contributed by atoms with Crippen LogP contribution < -0.4 is 10.6 Å². The summed E-state index contributed by atoms with van der Waals surface area (Å²) in [6.07, 6.45) is 2.77. The summed E-state index contributed by atoms with van der Waals surface area (Å²) in [5.74, 6) is -0.161. The van der Waals surface area contributed by atoms with Crippen molar-refractivity contribution in [3.05, 3.63) is 59.6 Å². The molecule has 0 fully saturated rings. The topological polar surface area (TPSA) is 58.8 Å². The van der Waals surface area contributed by atoms with Crippen LogP contribution in [0, 0.1) is 11.6 Å². The van der Waals surface area contributed by atoms with Crippen molar-refractivity contribution >= 4 is 29.9 Å². The van der Waals surface area contributed by atoms with Gasteiger partial charge >= 0.3 is 0 Å². The highest BCUT2D eigenvalue weighted by Crippen LogP contribution is 2.11. The molecule has 0 aliphatic carbocycles. The number of benzene rings is 1. The SMILES string of the molecule is CCNC(=NCCCOCc1ccco1)NCCc1cccc(F)c1F.I. The summed E-state index contributed by atoms with van der Waals surface area (Å²) in [6, 6.07) is 7.90. The molecule has 0 unspecified atom stereocenters. The monoisotopic (exact) mass is 493 g/mol. The molecule has 8 heteroatoms. The van der Waals surface area contributed by atoms with Crippen LogP contribution in [-0.4, -0.2) is 32.2 Å². The van der Waals surface area contributed by atoms with Crippen molar-refractivity contribution in [3.63, 3.8) is 0 Å². The lowest BCUT2D eigenvalue weighted by Gasteiger charge is -2.11. The summed E-state index contributed by atoms with van der Waals surface area (Å²) >= 11 is 0. The predicted molar refractivity (Wildman–Crippen MR) is 112 cm³/mol. The summed E-state index contributed by atoms with van der Waals surface area (Å²) in [7, 11) is 0. The van der Waals surface area contributed by atoms with Crippen LogP contribution in [0.2, 0.25) is 0 Å². The number of furan rings is 1. The van der Waals surface area contributed by atoms with Gasteiger partial charge in [-0.05, 0) is 43.5 Å². The number of guanidine groups is 1. The van der Waals surface area contributed by atoms with Crippen LogP contribution in [0.4, 0.5) is 8.78 Å². The molecule has 0 aliphatic rings. The highest BCUT2D eigenvalue weighted by Gasteiger charge is 2.07. The van der Waals surface area contributed by atoms with Gasteiger partial charge in [-0.3, -0.25) is 4.99 Å². The van der Waals surface area contributed by atoms with Crippen LogP contribution in [0.25, 0.3) is 0 Å². The van der Waals surface area contributed by atoms with Crippen LogP contribution in [0.3, 0.4) is 0 Å². The molecular weight excluding hydrogens is 467 g/mol. The van der Waals surface area contributed by atoms with E-state index in [1.807, 2.05) is 19.1 Å². The van der Waals surface area contributed by atoms with E-state index in [1.165, 1.54) is 6.07 Å². The fourth-order valence-corrected chi connectivity index (χ4v) is 2.32. The summed E-state index contributed by atoms with van der Waals surface area (Å²) in [5, 5.41) is 6.25. The Morgan fingerprint density at radius 1 is 1.19 bits per heavy atom. The van der Waals surface area contributed by atoms with Gasteiger partial charge in [0, 0.05) is 26.2 Å².